The van der Waals surface area contributed by atoms with Gasteiger partial charge in [0.05, 0.1) is 25.6 Å². The van der Waals surface area contributed by atoms with Crippen molar-refractivity contribution in [3.05, 3.63) is 18.2 Å². The number of carbonyl (C=O) groups excluding carboxylic acids is 4. The van der Waals surface area contributed by atoms with Gasteiger partial charge in [-0.25, -0.2) is 4.98 Å². The fraction of sp³-hybridized carbons (Fsp3) is 0.533. The first-order valence-corrected chi connectivity index (χ1v) is 8.13. The fourth-order valence-corrected chi connectivity index (χ4v) is 2.00. The summed E-state index contributed by atoms with van der Waals surface area (Å²) in [4.78, 5) is 53.7. The van der Waals surface area contributed by atoms with Crippen LogP contribution in [0, 0.1) is 0 Å². The van der Waals surface area contributed by atoms with Crippen LogP contribution in [0.5, 0.6) is 0 Å². The number of amides is 3. The van der Waals surface area contributed by atoms with E-state index < -0.39 is 55.1 Å². The van der Waals surface area contributed by atoms with Crippen molar-refractivity contribution in [3.8, 4) is 0 Å². The van der Waals surface area contributed by atoms with Crippen molar-refractivity contribution < 1.29 is 29.4 Å². The normalized spacial score (nSPS) is 15.1. The van der Waals surface area contributed by atoms with Crippen molar-refractivity contribution >= 4 is 24.0 Å². The second-order valence-corrected chi connectivity index (χ2v) is 5.81. The van der Waals surface area contributed by atoms with Crippen LogP contribution in [0.3, 0.4) is 0 Å². The van der Waals surface area contributed by atoms with Gasteiger partial charge < -0.3 is 41.7 Å². The molecule has 0 spiro atoms. The summed E-state index contributed by atoms with van der Waals surface area (Å²) in [6.07, 6.45) is 3.22. The predicted molar refractivity (Wildman–Crippen MR) is 92.0 cm³/mol. The Labute approximate surface area is 154 Å². The van der Waals surface area contributed by atoms with Gasteiger partial charge in [0.15, 0.2) is 0 Å². The standard InChI is InChI=1S/C15H24N6O6/c1-8(16)13(25)20-11(2-9-3-17-7-18-9)14(26)21-12(6-24)15(27)19-10(4-22)5-23/h3-4,7-8,10-12,23-24H,2,5-6,16H2,1H3,(H,17,18)(H,19,27)(H,20,25)(H,21,26)/t8-,10+,11-,12-/m0/s1. The number of nitrogens with zero attached hydrogens (tertiary/aromatic N) is 1. The number of aromatic amines is 1. The highest BCUT2D eigenvalue weighted by molar-refractivity contribution is 5.93. The summed E-state index contributed by atoms with van der Waals surface area (Å²) in [5.74, 6) is -2.20. The molecule has 0 radical (unpaired) electrons. The molecule has 12 nitrogen and oxygen atoms in total. The molecule has 0 saturated heterocycles. The van der Waals surface area contributed by atoms with Crippen LogP contribution in [0.4, 0.5) is 0 Å². The SMILES string of the molecule is C[C@H](N)C(=O)N[C@@H](Cc1cnc[nH]1)C(=O)N[C@@H](CO)C(=O)N[C@H](C=O)CO. The van der Waals surface area contributed by atoms with E-state index in [2.05, 4.69) is 25.9 Å². The molecule has 0 fully saturated rings. The van der Waals surface area contributed by atoms with Crippen molar-refractivity contribution in [2.45, 2.75) is 37.5 Å². The van der Waals surface area contributed by atoms with Crippen LogP contribution >= 0.6 is 0 Å². The summed E-state index contributed by atoms with van der Waals surface area (Å²) in [7, 11) is 0. The monoisotopic (exact) mass is 384 g/mol. The molecule has 0 saturated carbocycles. The molecule has 12 heteroatoms. The Bertz CT molecular complexity index is 635. The molecule has 0 aliphatic rings. The van der Waals surface area contributed by atoms with Gasteiger partial charge in [-0.1, -0.05) is 0 Å². The Balaban J connectivity index is 2.83. The number of hydrogen-bond acceptors (Lipinski definition) is 8. The van der Waals surface area contributed by atoms with E-state index in [4.69, 9.17) is 10.8 Å². The minimum absolute atomic E-state index is 0.0393. The molecule has 1 heterocycles. The van der Waals surface area contributed by atoms with Crippen molar-refractivity contribution in [2.75, 3.05) is 13.2 Å². The first-order valence-electron chi connectivity index (χ1n) is 8.13. The number of aromatic nitrogens is 2. The molecule has 1 aromatic heterocycles. The summed E-state index contributed by atoms with van der Waals surface area (Å²) in [6.45, 7) is 0.0553. The molecule has 4 atom stereocenters. The zero-order chi connectivity index (χ0) is 20.4. The van der Waals surface area contributed by atoms with Gasteiger partial charge in [0.1, 0.15) is 24.4 Å². The van der Waals surface area contributed by atoms with Gasteiger partial charge in [0.25, 0.3) is 0 Å². The van der Waals surface area contributed by atoms with Crippen molar-refractivity contribution in [1.82, 2.24) is 25.9 Å². The number of H-pyrrole nitrogens is 1. The highest BCUT2D eigenvalue weighted by Crippen LogP contribution is 2.01. The quantitative estimate of drug-likeness (QED) is 0.187. The molecule has 0 aliphatic heterocycles. The number of aliphatic hydroxyl groups excluding tert-OH is 2. The Morgan fingerprint density at radius 1 is 1.15 bits per heavy atom. The van der Waals surface area contributed by atoms with Crippen LogP contribution in [0.2, 0.25) is 0 Å². The zero-order valence-corrected chi connectivity index (χ0v) is 14.7. The van der Waals surface area contributed by atoms with Gasteiger partial charge in [0, 0.05) is 18.3 Å². The molecule has 8 N–H and O–H groups in total. The van der Waals surface area contributed by atoms with Gasteiger partial charge in [0.2, 0.25) is 17.7 Å². The number of hydrogen-bond donors (Lipinski definition) is 7. The molecule has 0 bridgehead atoms. The number of nitrogens with two attached hydrogens (primary N) is 1. The Morgan fingerprint density at radius 3 is 2.26 bits per heavy atom. The van der Waals surface area contributed by atoms with Crippen molar-refractivity contribution in [3.63, 3.8) is 0 Å². The zero-order valence-electron chi connectivity index (χ0n) is 14.7. The summed E-state index contributed by atoms with van der Waals surface area (Å²) in [6, 6.07) is -4.51. The third-order valence-electron chi connectivity index (χ3n) is 3.53. The molecular formula is C15H24N6O6. The molecule has 27 heavy (non-hydrogen) atoms. The highest BCUT2D eigenvalue weighted by Gasteiger charge is 2.28. The Kier molecular flexibility index (Phi) is 9.05. The van der Waals surface area contributed by atoms with Crippen LogP contribution in [0.25, 0.3) is 0 Å². The van der Waals surface area contributed by atoms with Crippen LogP contribution in [0.1, 0.15) is 12.6 Å². The largest absolute Gasteiger partial charge is 0.394 e. The van der Waals surface area contributed by atoms with Gasteiger partial charge >= 0.3 is 0 Å². The van der Waals surface area contributed by atoms with Gasteiger partial charge in [-0.05, 0) is 6.92 Å². The van der Waals surface area contributed by atoms with E-state index in [1.54, 1.807) is 0 Å². The number of aliphatic hydroxyl groups is 2. The lowest BCUT2D eigenvalue weighted by atomic mass is 10.1. The number of nitrogens with one attached hydrogen (secondary N) is 4. The van der Waals surface area contributed by atoms with Gasteiger partial charge in [-0.2, -0.15) is 0 Å². The molecule has 3 amide bonds. The second kappa shape index (κ2) is 11.0. The molecule has 0 aromatic carbocycles. The molecule has 0 aliphatic carbocycles. The Hall–Kier alpha value is -2.83. The van der Waals surface area contributed by atoms with E-state index in [0.717, 1.165) is 0 Å². The summed E-state index contributed by atoms with van der Waals surface area (Å²) in [5.41, 5.74) is 6.04. The number of aldehydes is 1. The maximum Gasteiger partial charge on any atom is 0.245 e. The lowest BCUT2D eigenvalue weighted by Gasteiger charge is -2.23. The van der Waals surface area contributed by atoms with Crippen LogP contribution in [-0.2, 0) is 25.6 Å². The molecule has 150 valence electrons. The lowest BCUT2D eigenvalue weighted by molar-refractivity contribution is -0.133. The topological polar surface area (TPSA) is 200 Å². The van der Waals surface area contributed by atoms with Crippen LogP contribution < -0.4 is 21.7 Å². The summed E-state index contributed by atoms with van der Waals surface area (Å²) >= 11 is 0. The molecular weight excluding hydrogens is 360 g/mol. The number of carbonyl (C=O) groups is 4. The minimum Gasteiger partial charge on any atom is -0.394 e. The third-order valence-corrected chi connectivity index (χ3v) is 3.53. The average Bonchev–Trinajstić information content (AvgIpc) is 3.15. The average molecular weight is 384 g/mol. The summed E-state index contributed by atoms with van der Waals surface area (Å²) < 4.78 is 0. The first-order chi connectivity index (χ1) is 12.8. The van der Waals surface area contributed by atoms with E-state index in [-0.39, 0.29) is 6.42 Å². The minimum atomic E-state index is -1.39. The molecule has 0 unspecified atom stereocenters. The van der Waals surface area contributed by atoms with E-state index >= 15 is 0 Å². The van der Waals surface area contributed by atoms with Crippen molar-refractivity contribution in [1.29, 1.82) is 0 Å². The first kappa shape index (κ1) is 22.2. The highest BCUT2D eigenvalue weighted by atomic mass is 16.3. The molecule has 1 aromatic rings. The predicted octanol–water partition coefficient (Wildman–Crippen LogP) is -4.06. The third kappa shape index (κ3) is 7.13. The maximum absolute atomic E-state index is 12.5. The van der Waals surface area contributed by atoms with E-state index in [1.165, 1.54) is 19.4 Å². The Morgan fingerprint density at radius 2 is 1.78 bits per heavy atom. The van der Waals surface area contributed by atoms with Crippen molar-refractivity contribution in [2.24, 2.45) is 5.73 Å². The van der Waals surface area contributed by atoms with E-state index in [9.17, 15) is 24.3 Å². The van der Waals surface area contributed by atoms with Gasteiger partial charge in [-0.15, -0.1) is 0 Å². The van der Waals surface area contributed by atoms with Crippen LogP contribution in [0.15, 0.2) is 12.5 Å². The fourth-order valence-electron chi connectivity index (χ4n) is 2.00. The maximum atomic E-state index is 12.5. The van der Waals surface area contributed by atoms with Gasteiger partial charge in [-0.3, -0.25) is 14.4 Å². The summed E-state index contributed by atoms with van der Waals surface area (Å²) in [5, 5.41) is 25.2. The lowest BCUT2D eigenvalue weighted by Crippen LogP contribution is -2.58. The second-order valence-electron chi connectivity index (χ2n) is 5.81. The smallest absolute Gasteiger partial charge is 0.245 e. The van der Waals surface area contributed by atoms with E-state index in [0.29, 0.717) is 12.0 Å². The number of rotatable bonds is 11. The van der Waals surface area contributed by atoms with Crippen LogP contribution in [-0.4, -0.2) is 81.6 Å². The van der Waals surface area contributed by atoms with E-state index in [1.807, 2.05) is 0 Å². The number of imidazole rings is 1. The molecule has 1 rings (SSSR count).